The zero-order valence-electron chi connectivity index (χ0n) is 13.2. The van der Waals surface area contributed by atoms with Crippen LogP contribution in [0.5, 0.6) is 0 Å². The Morgan fingerprint density at radius 3 is 2.48 bits per heavy atom. The van der Waals surface area contributed by atoms with E-state index >= 15 is 0 Å². The van der Waals surface area contributed by atoms with Gasteiger partial charge >= 0.3 is 0 Å². The van der Waals surface area contributed by atoms with Crippen LogP contribution in [-0.2, 0) is 6.42 Å². The molecule has 23 heavy (non-hydrogen) atoms. The second kappa shape index (κ2) is 7.40. The maximum absolute atomic E-state index is 12.4. The first-order chi connectivity index (χ1) is 11.0. The smallest absolute Gasteiger partial charge is 0.270 e. The number of hydrogen-bond acceptors (Lipinski definition) is 4. The van der Waals surface area contributed by atoms with Crippen LogP contribution in [0, 0.1) is 10.1 Å². The van der Waals surface area contributed by atoms with Gasteiger partial charge < -0.3 is 10.2 Å². The molecule has 0 atom stereocenters. The first kappa shape index (κ1) is 16.5. The molecule has 0 bridgehead atoms. The van der Waals surface area contributed by atoms with Gasteiger partial charge in [-0.2, -0.15) is 0 Å². The Balaban J connectivity index is 2.10. The Hall–Kier alpha value is -2.89. The first-order valence-corrected chi connectivity index (χ1v) is 7.27. The van der Waals surface area contributed by atoms with Crippen LogP contribution < -0.4 is 10.2 Å². The molecule has 0 saturated heterocycles. The number of hydrogen-bond donors (Lipinski definition) is 1. The Labute approximate surface area is 134 Å². The van der Waals surface area contributed by atoms with Gasteiger partial charge in [0, 0.05) is 38.5 Å². The molecule has 2 aromatic carbocycles. The summed E-state index contributed by atoms with van der Waals surface area (Å²) in [5.74, 6) is -0.312. The lowest BCUT2D eigenvalue weighted by Gasteiger charge is -2.17. The van der Waals surface area contributed by atoms with Crippen molar-refractivity contribution in [2.24, 2.45) is 0 Å². The predicted molar refractivity (Wildman–Crippen MR) is 89.9 cm³/mol. The highest BCUT2D eigenvalue weighted by Crippen LogP contribution is 2.24. The molecule has 0 unspecified atom stereocenters. The molecule has 0 spiro atoms. The van der Waals surface area contributed by atoms with Crippen LogP contribution in [0.15, 0.2) is 48.5 Å². The minimum Gasteiger partial charge on any atom is -0.377 e. The molecule has 0 aliphatic heterocycles. The topological polar surface area (TPSA) is 75.5 Å². The average Bonchev–Trinajstić information content (AvgIpc) is 2.55. The van der Waals surface area contributed by atoms with Crippen molar-refractivity contribution >= 4 is 17.3 Å². The summed E-state index contributed by atoms with van der Waals surface area (Å²) < 4.78 is 0. The Kier molecular flexibility index (Phi) is 5.30. The van der Waals surface area contributed by atoms with Gasteiger partial charge in [0.15, 0.2) is 0 Å². The summed E-state index contributed by atoms with van der Waals surface area (Å²) in [6.45, 7) is 0.471. The lowest BCUT2D eigenvalue weighted by Crippen LogP contribution is -2.27. The van der Waals surface area contributed by atoms with Gasteiger partial charge in [0.2, 0.25) is 0 Å². The van der Waals surface area contributed by atoms with Crippen LogP contribution >= 0.6 is 0 Å². The number of anilines is 1. The van der Waals surface area contributed by atoms with Crippen molar-refractivity contribution in [2.45, 2.75) is 6.42 Å². The molecular formula is C17H19N3O3. The zero-order chi connectivity index (χ0) is 16.8. The highest BCUT2D eigenvalue weighted by Gasteiger charge is 2.17. The van der Waals surface area contributed by atoms with Crippen molar-refractivity contribution in [3.8, 4) is 0 Å². The molecule has 6 heteroatoms. The van der Waals surface area contributed by atoms with E-state index in [-0.39, 0.29) is 11.6 Å². The molecule has 2 aromatic rings. The van der Waals surface area contributed by atoms with E-state index in [2.05, 4.69) is 5.32 Å². The summed E-state index contributed by atoms with van der Waals surface area (Å²) in [5.41, 5.74) is 1.98. The first-order valence-electron chi connectivity index (χ1n) is 7.27. The average molecular weight is 313 g/mol. The van der Waals surface area contributed by atoms with Gasteiger partial charge in [0.25, 0.3) is 11.6 Å². The third-order valence-corrected chi connectivity index (χ3v) is 3.46. The van der Waals surface area contributed by atoms with E-state index in [1.165, 1.54) is 12.1 Å². The van der Waals surface area contributed by atoms with E-state index in [0.717, 1.165) is 5.56 Å². The van der Waals surface area contributed by atoms with Crippen molar-refractivity contribution in [1.29, 1.82) is 0 Å². The molecular weight excluding hydrogens is 294 g/mol. The number of amides is 1. The summed E-state index contributed by atoms with van der Waals surface area (Å²) in [7, 11) is 3.59. The number of nitrogens with zero attached hydrogens (tertiary/aromatic N) is 2. The molecule has 0 aliphatic carbocycles. The minimum atomic E-state index is -0.500. The van der Waals surface area contributed by atoms with E-state index in [9.17, 15) is 14.9 Å². The molecule has 120 valence electrons. The zero-order valence-corrected chi connectivity index (χ0v) is 13.2. The lowest BCUT2D eigenvalue weighted by atomic mass is 10.1. The van der Waals surface area contributed by atoms with Crippen molar-refractivity contribution in [2.75, 3.05) is 25.5 Å². The fourth-order valence-corrected chi connectivity index (χ4v) is 2.27. The van der Waals surface area contributed by atoms with Crippen LogP contribution in [0.4, 0.5) is 11.4 Å². The highest BCUT2D eigenvalue weighted by atomic mass is 16.6. The fourth-order valence-electron chi connectivity index (χ4n) is 2.27. The van der Waals surface area contributed by atoms with Gasteiger partial charge in [-0.1, -0.05) is 30.3 Å². The van der Waals surface area contributed by atoms with Gasteiger partial charge in [-0.25, -0.2) is 0 Å². The summed E-state index contributed by atoms with van der Waals surface area (Å²) in [6.07, 6.45) is 0.707. The molecule has 1 N–H and O–H groups in total. The number of nitro groups is 1. The van der Waals surface area contributed by atoms with Gasteiger partial charge in [-0.15, -0.1) is 0 Å². The Morgan fingerprint density at radius 2 is 1.87 bits per heavy atom. The number of benzene rings is 2. The number of rotatable bonds is 6. The highest BCUT2D eigenvalue weighted by molar-refractivity contribution is 6.00. The molecule has 2 rings (SSSR count). The molecule has 0 aromatic heterocycles. The molecule has 0 radical (unpaired) electrons. The molecule has 0 fully saturated rings. The number of non-ortho nitro benzene ring substituents is 1. The van der Waals surface area contributed by atoms with Crippen molar-refractivity contribution in [3.05, 3.63) is 69.8 Å². The van der Waals surface area contributed by atoms with E-state index in [1.807, 2.05) is 30.3 Å². The summed E-state index contributed by atoms with van der Waals surface area (Å²) in [5, 5.41) is 13.7. The van der Waals surface area contributed by atoms with E-state index in [0.29, 0.717) is 24.2 Å². The molecule has 0 aliphatic rings. The summed E-state index contributed by atoms with van der Waals surface area (Å²) >= 11 is 0. The second-order valence-corrected chi connectivity index (χ2v) is 5.34. The van der Waals surface area contributed by atoms with E-state index in [1.54, 1.807) is 25.1 Å². The Morgan fingerprint density at radius 1 is 1.17 bits per heavy atom. The standard InChI is InChI=1S/C17H19N3O3/c1-19(2)16-9-8-14(20(22)23)12-15(16)17(21)18-11-10-13-6-4-3-5-7-13/h3-9,12H,10-11H2,1-2H3,(H,18,21). The molecule has 6 nitrogen and oxygen atoms in total. The van der Waals surface area contributed by atoms with Crippen LogP contribution in [-0.4, -0.2) is 31.5 Å². The second-order valence-electron chi connectivity index (χ2n) is 5.34. The maximum atomic E-state index is 12.4. The SMILES string of the molecule is CN(C)c1ccc([N+](=O)[O-])cc1C(=O)NCCc1ccccc1. The van der Waals surface area contributed by atoms with Gasteiger partial charge in [-0.05, 0) is 18.1 Å². The largest absolute Gasteiger partial charge is 0.377 e. The number of carbonyl (C=O) groups excluding carboxylic acids is 1. The van der Waals surface area contributed by atoms with Crippen LogP contribution in [0.1, 0.15) is 15.9 Å². The third-order valence-electron chi connectivity index (χ3n) is 3.46. The molecule has 0 heterocycles. The van der Waals surface area contributed by atoms with Crippen LogP contribution in [0.25, 0.3) is 0 Å². The van der Waals surface area contributed by atoms with Crippen molar-refractivity contribution < 1.29 is 9.72 Å². The van der Waals surface area contributed by atoms with Gasteiger partial charge in [-0.3, -0.25) is 14.9 Å². The van der Waals surface area contributed by atoms with Crippen LogP contribution in [0.2, 0.25) is 0 Å². The predicted octanol–water partition coefficient (Wildman–Crippen LogP) is 2.63. The Bertz CT molecular complexity index is 699. The number of nitrogens with one attached hydrogen (secondary N) is 1. The lowest BCUT2D eigenvalue weighted by molar-refractivity contribution is -0.384. The van der Waals surface area contributed by atoms with Crippen molar-refractivity contribution in [3.63, 3.8) is 0 Å². The monoisotopic (exact) mass is 313 g/mol. The minimum absolute atomic E-state index is 0.0937. The molecule has 1 amide bonds. The van der Waals surface area contributed by atoms with E-state index < -0.39 is 4.92 Å². The fraction of sp³-hybridized carbons (Fsp3) is 0.235. The van der Waals surface area contributed by atoms with Crippen molar-refractivity contribution in [1.82, 2.24) is 5.32 Å². The van der Waals surface area contributed by atoms with E-state index in [4.69, 9.17) is 0 Å². The van der Waals surface area contributed by atoms with Crippen LogP contribution in [0.3, 0.4) is 0 Å². The summed E-state index contributed by atoms with van der Waals surface area (Å²) in [4.78, 5) is 24.6. The maximum Gasteiger partial charge on any atom is 0.270 e. The molecule has 0 saturated carbocycles. The summed E-state index contributed by atoms with van der Waals surface area (Å²) in [6, 6.07) is 14.1. The normalized spacial score (nSPS) is 10.2. The number of nitro benzene ring substituents is 1. The quantitative estimate of drug-likeness (QED) is 0.657. The van der Waals surface area contributed by atoms with Gasteiger partial charge in [0.05, 0.1) is 10.5 Å². The van der Waals surface area contributed by atoms with Gasteiger partial charge in [0.1, 0.15) is 0 Å². The third kappa shape index (κ3) is 4.29. The number of carbonyl (C=O) groups is 1.